The van der Waals surface area contributed by atoms with Crippen LogP contribution < -0.4 is 0 Å². The second kappa shape index (κ2) is 7.28. The number of fused-ring (bicyclic) bond motifs is 1. The van der Waals surface area contributed by atoms with Crippen LogP contribution in [-0.2, 0) is 10.2 Å². The van der Waals surface area contributed by atoms with Gasteiger partial charge in [0.1, 0.15) is 5.82 Å². The third-order valence-corrected chi connectivity index (χ3v) is 6.88. The third-order valence-electron chi connectivity index (χ3n) is 4.73. The Labute approximate surface area is 158 Å². The fraction of sp³-hybridized carbons (Fsp3) is 0.500. The maximum Gasteiger partial charge on any atom is 0.198 e. The van der Waals surface area contributed by atoms with Gasteiger partial charge in [-0.05, 0) is 55.4 Å². The molecule has 0 aliphatic heterocycles. The Balaban J connectivity index is 2.70. The van der Waals surface area contributed by atoms with Crippen LogP contribution in [0.25, 0.3) is 0 Å². The molecule has 1 aromatic rings. The van der Waals surface area contributed by atoms with Crippen molar-refractivity contribution in [2.75, 3.05) is 12.5 Å². The van der Waals surface area contributed by atoms with Crippen molar-refractivity contribution in [1.29, 1.82) is 0 Å². The van der Waals surface area contributed by atoms with Gasteiger partial charge >= 0.3 is 0 Å². The Kier molecular flexibility index (Phi) is 5.89. The second-order valence-corrected chi connectivity index (χ2v) is 9.70. The number of Topliss-reactive ketones (excluding diaryl/α,β-unsaturated/α-hetero) is 2. The molecule has 1 aliphatic rings. The number of hydrogen-bond donors (Lipinski definition) is 0. The highest BCUT2D eigenvalue weighted by Crippen LogP contribution is 2.45. The minimum Gasteiger partial charge on any atom is -0.293 e. The average molecular weight is 381 g/mol. The lowest BCUT2D eigenvalue weighted by Crippen LogP contribution is -2.42. The number of allylic oxidation sites excluding steroid dienone is 1. The van der Waals surface area contributed by atoms with Gasteiger partial charge in [-0.2, -0.15) is 0 Å². The molecule has 1 aromatic carbocycles. The second-order valence-electron chi connectivity index (χ2n) is 7.81. The van der Waals surface area contributed by atoms with Gasteiger partial charge in [-0.15, -0.1) is 23.5 Å². The van der Waals surface area contributed by atoms with E-state index in [1.807, 2.05) is 19.4 Å². The quantitative estimate of drug-likeness (QED) is 0.502. The summed E-state index contributed by atoms with van der Waals surface area (Å²) in [7, 11) is 0. The molecule has 0 aromatic heterocycles. The number of hydrogen-bond acceptors (Lipinski definition) is 4. The van der Waals surface area contributed by atoms with Crippen LogP contribution in [0.2, 0.25) is 0 Å². The van der Waals surface area contributed by atoms with Gasteiger partial charge in [0.25, 0.3) is 0 Å². The van der Waals surface area contributed by atoms with Crippen molar-refractivity contribution in [3.05, 3.63) is 45.0 Å². The minimum atomic E-state index is -0.809. The molecule has 0 unspecified atom stereocenters. The molecule has 136 valence electrons. The van der Waals surface area contributed by atoms with E-state index in [4.69, 9.17) is 0 Å². The van der Waals surface area contributed by atoms with E-state index in [0.29, 0.717) is 21.8 Å². The van der Waals surface area contributed by atoms with Gasteiger partial charge in [-0.1, -0.05) is 26.8 Å². The van der Waals surface area contributed by atoms with Crippen molar-refractivity contribution in [1.82, 2.24) is 0 Å². The summed E-state index contributed by atoms with van der Waals surface area (Å²) in [5.41, 5.74) is 0.451. The summed E-state index contributed by atoms with van der Waals surface area (Å²) in [4.78, 5) is 26.3. The lowest BCUT2D eigenvalue weighted by molar-refractivity contribution is -0.120. The summed E-state index contributed by atoms with van der Waals surface area (Å²) in [6.07, 6.45) is 5.17. The normalized spacial score (nSPS) is 20.7. The Hall–Kier alpha value is -1.07. The first-order valence-corrected chi connectivity index (χ1v) is 10.7. The molecule has 1 atom stereocenters. The number of ketones is 2. The molecule has 0 amide bonds. The topological polar surface area (TPSA) is 34.1 Å². The van der Waals surface area contributed by atoms with Crippen LogP contribution in [0.15, 0.2) is 28.0 Å². The summed E-state index contributed by atoms with van der Waals surface area (Å²) in [5.74, 6) is -0.945. The van der Waals surface area contributed by atoms with Crippen LogP contribution in [0.1, 0.15) is 56.5 Å². The van der Waals surface area contributed by atoms with Crippen LogP contribution in [0, 0.1) is 11.2 Å². The van der Waals surface area contributed by atoms with Crippen molar-refractivity contribution < 1.29 is 14.0 Å². The first-order chi connectivity index (χ1) is 11.5. The van der Waals surface area contributed by atoms with Crippen molar-refractivity contribution in [2.24, 2.45) is 5.41 Å². The van der Waals surface area contributed by atoms with E-state index in [0.717, 1.165) is 6.42 Å². The predicted molar refractivity (Wildman–Crippen MR) is 106 cm³/mol. The molecular formula is C20H25FO2S2. The van der Waals surface area contributed by atoms with Gasteiger partial charge in [0.05, 0.1) is 15.2 Å². The number of benzene rings is 1. The van der Waals surface area contributed by atoms with Gasteiger partial charge in [0.15, 0.2) is 11.6 Å². The SMILES string of the molecule is CSC(SC)=C1C(=O)c2cc(F)ccc2[C@@](C)(CCC(C)(C)C)C1=O. The first-order valence-electron chi connectivity index (χ1n) is 8.27. The molecule has 0 spiro atoms. The van der Waals surface area contributed by atoms with Crippen molar-refractivity contribution in [3.8, 4) is 0 Å². The molecule has 2 nitrogen and oxygen atoms in total. The van der Waals surface area contributed by atoms with E-state index >= 15 is 0 Å². The zero-order chi connectivity index (χ0) is 19.0. The summed E-state index contributed by atoms with van der Waals surface area (Å²) < 4.78 is 14.5. The minimum absolute atomic E-state index is 0.0661. The van der Waals surface area contributed by atoms with E-state index in [-0.39, 0.29) is 22.6 Å². The highest BCUT2D eigenvalue weighted by molar-refractivity contribution is 8.21. The van der Waals surface area contributed by atoms with E-state index in [9.17, 15) is 14.0 Å². The third kappa shape index (κ3) is 3.87. The van der Waals surface area contributed by atoms with Crippen molar-refractivity contribution >= 4 is 35.1 Å². The summed E-state index contributed by atoms with van der Waals surface area (Å²) >= 11 is 2.79. The van der Waals surface area contributed by atoms with Crippen LogP contribution in [0.4, 0.5) is 4.39 Å². The van der Waals surface area contributed by atoms with E-state index in [2.05, 4.69) is 20.8 Å². The van der Waals surface area contributed by atoms with Crippen molar-refractivity contribution in [2.45, 2.75) is 46.0 Å². The Morgan fingerprint density at radius 1 is 1.16 bits per heavy atom. The summed E-state index contributed by atoms with van der Waals surface area (Å²) in [5, 5.41) is 0. The monoisotopic (exact) mass is 380 g/mol. The Morgan fingerprint density at radius 3 is 2.28 bits per heavy atom. The summed E-state index contributed by atoms with van der Waals surface area (Å²) in [6.45, 7) is 8.29. The first kappa shape index (κ1) is 20.2. The van der Waals surface area contributed by atoms with Gasteiger partial charge in [0, 0.05) is 5.56 Å². The molecule has 0 saturated carbocycles. The van der Waals surface area contributed by atoms with Crippen LogP contribution in [0.3, 0.4) is 0 Å². The molecule has 2 rings (SSSR count). The molecular weight excluding hydrogens is 355 g/mol. The zero-order valence-electron chi connectivity index (χ0n) is 15.7. The van der Waals surface area contributed by atoms with Gasteiger partial charge in [-0.25, -0.2) is 4.39 Å². The molecule has 0 saturated heterocycles. The Morgan fingerprint density at radius 2 is 1.76 bits per heavy atom. The molecule has 1 aliphatic carbocycles. The van der Waals surface area contributed by atoms with E-state index in [1.54, 1.807) is 6.07 Å². The highest BCUT2D eigenvalue weighted by Gasteiger charge is 2.47. The molecule has 0 fully saturated rings. The average Bonchev–Trinajstić information content (AvgIpc) is 2.54. The van der Waals surface area contributed by atoms with E-state index in [1.165, 1.54) is 35.7 Å². The van der Waals surface area contributed by atoms with E-state index < -0.39 is 11.2 Å². The number of halogens is 1. The predicted octanol–water partition coefficient (Wildman–Crippen LogP) is 5.61. The number of carbonyl (C=O) groups is 2. The van der Waals surface area contributed by atoms with Crippen molar-refractivity contribution in [3.63, 3.8) is 0 Å². The lowest BCUT2D eigenvalue weighted by Gasteiger charge is -2.37. The zero-order valence-corrected chi connectivity index (χ0v) is 17.3. The maximum atomic E-state index is 13.8. The smallest absolute Gasteiger partial charge is 0.198 e. The fourth-order valence-electron chi connectivity index (χ4n) is 3.17. The number of thioether (sulfide) groups is 2. The largest absolute Gasteiger partial charge is 0.293 e. The van der Waals surface area contributed by atoms with Crippen LogP contribution in [-0.4, -0.2) is 24.1 Å². The molecule has 5 heteroatoms. The molecule has 25 heavy (non-hydrogen) atoms. The van der Waals surface area contributed by atoms with Crippen LogP contribution >= 0.6 is 23.5 Å². The fourth-order valence-corrected chi connectivity index (χ4v) is 4.61. The van der Waals surface area contributed by atoms with Gasteiger partial charge < -0.3 is 0 Å². The summed E-state index contributed by atoms with van der Waals surface area (Å²) in [6, 6.07) is 4.23. The molecule has 0 radical (unpaired) electrons. The Bertz CT molecular complexity index is 741. The highest BCUT2D eigenvalue weighted by atomic mass is 32.2. The standard InChI is InChI=1S/C20H25FO2S2/c1-19(2,3)9-10-20(4)14-8-7-12(21)11-13(14)16(22)15(17(20)23)18(24-5)25-6/h7-8,11H,9-10H2,1-6H3/t20-/m1/s1. The lowest BCUT2D eigenvalue weighted by atomic mass is 9.64. The molecule has 0 bridgehead atoms. The molecule has 0 N–H and O–H groups in total. The molecule has 0 heterocycles. The van der Waals surface area contributed by atoms with Crippen LogP contribution in [0.5, 0.6) is 0 Å². The maximum absolute atomic E-state index is 13.8. The number of rotatable bonds is 4. The number of carbonyl (C=O) groups excluding carboxylic acids is 2. The van der Waals surface area contributed by atoms with Gasteiger partial charge in [0.2, 0.25) is 0 Å². The van der Waals surface area contributed by atoms with Gasteiger partial charge in [-0.3, -0.25) is 9.59 Å².